The lowest BCUT2D eigenvalue weighted by Gasteiger charge is -2.21. The van der Waals surface area contributed by atoms with Crippen LogP contribution in [-0.2, 0) is 6.54 Å². The van der Waals surface area contributed by atoms with Crippen molar-refractivity contribution in [3.8, 4) is 11.4 Å². The van der Waals surface area contributed by atoms with Gasteiger partial charge in [-0.15, -0.1) is 11.3 Å². The summed E-state index contributed by atoms with van der Waals surface area (Å²) in [6, 6.07) is 13.3. The molecule has 1 atom stereocenters. The molecule has 3 aromatic rings. The fourth-order valence-corrected chi connectivity index (χ4v) is 4.34. The Morgan fingerprint density at radius 2 is 2.08 bits per heavy atom. The van der Waals surface area contributed by atoms with E-state index in [-0.39, 0.29) is 0 Å². The topological polar surface area (TPSA) is 42.2 Å². The van der Waals surface area contributed by atoms with Gasteiger partial charge in [-0.3, -0.25) is 4.90 Å². The van der Waals surface area contributed by atoms with Crippen LogP contribution in [0.3, 0.4) is 0 Å². The Labute approximate surface area is 152 Å². The van der Waals surface area contributed by atoms with Crippen LogP contribution >= 0.6 is 11.3 Å². The predicted molar refractivity (Wildman–Crippen MR) is 101 cm³/mol. The van der Waals surface area contributed by atoms with Crippen molar-refractivity contribution in [1.29, 1.82) is 0 Å². The third-order valence-corrected chi connectivity index (χ3v) is 5.85. The highest BCUT2D eigenvalue weighted by molar-refractivity contribution is 7.10. The standard InChI is InChI=1S/C20H23N3OS/c1-14(2)15-7-9-16(10-8-15)20-21-19(24-22-20)13-23-11-3-5-17(23)18-6-4-12-25-18/h4,6-10,12,14,17H,3,5,11,13H2,1-2H3/t17-/m1/s1. The van der Waals surface area contributed by atoms with Crippen LogP contribution in [0.4, 0.5) is 0 Å². The maximum absolute atomic E-state index is 5.52. The van der Waals surface area contributed by atoms with Gasteiger partial charge in [0.2, 0.25) is 11.7 Å². The number of likely N-dealkylation sites (tertiary alicyclic amines) is 1. The lowest BCUT2D eigenvalue weighted by molar-refractivity contribution is 0.214. The minimum Gasteiger partial charge on any atom is -0.338 e. The van der Waals surface area contributed by atoms with Crippen molar-refractivity contribution in [2.24, 2.45) is 0 Å². The highest BCUT2D eigenvalue weighted by Gasteiger charge is 2.28. The van der Waals surface area contributed by atoms with Crippen molar-refractivity contribution in [2.45, 2.75) is 45.2 Å². The van der Waals surface area contributed by atoms with Crippen LogP contribution in [0.25, 0.3) is 11.4 Å². The van der Waals surface area contributed by atoms with Gasteiger partial charge in [0.15, 0.2) is 0 Å². The van der Waals surface area contributed by atoms with Gasteiger partial charge in [-0.05, 0) is 42.3 Å². The van der Waals surface area contributed by atoms with Gasteiger partial charge in [0, 0.05) is 16.5 Å². The molecule has 130 valence electrons. The van der Waals surface area contributed by atoms with Crippen LogP contribution in [0.1, 0.15) is 55.0 Å². The molecule has 0 unspecified atom stereocenters. The molecule has 0 bridgehead atoms. The molecule has 0 spiro atoms. The minimum atomic E-state index is 0.487. The molecule has 3 heterocycles. The van der Waals surface area contributed by atoms with E-state index in [2.05, 4.69) is 70.7 Å². The molecule has 0 N–H and O–H groups in total. The molecule has 0 saturated carbocycles. The molecule has 1 aliphatic heterocycles. The first-order valence-corrected chi connectivity index (χ1v) is 9.79. The van der Waals surface area contributed by atoms with E-state index in [9.17, 15) is 0 Å². The van der Waals surface area contributed by atoms with E-state index in [4.69, 9.17) is 4.52 Å². The molecule has 1 aromatic carbocycles. The number of thiophene rings is 1. The van der Waals surface area contributed by atoms with Crippen LogP contribution in [0, 0.1) is 0 Å². The molecule has 1 saturated heterocycles. The summed E-state index contributed by atoms with van der Waals surface area (Å²) in [6.45, 7) is 6.20. The van der Waals surface area contributed by atoms with Gasteiger partial charge in [0.1, 0.15) is 0 Å². The van der Waals surface area contributed by atoms with Gasteiger partial charge in [0.25, 0.3) is 0 Å². The molecule has 0 radical (unpaired) electrons. The molecule has 4 nitrogen and oxygen atoms in total. The third-order valence-electron chi connectivity index (χ3n) is 4.88. The van der Waals surface area contributed by atoms with Crippen LogP contribution in [-0.4, -0.2) is 21.6 Å². The van der Waals surface area contributed by atoms with Crippen LogP contribution < -0.4 is 0 Å². The van der Waals surface area contributed by atoms with Gasteiger partial charge in [-0.2, -0.15) is 4.98 Å². The first kappa shape index (κ1) is 16.5. The summed E-state index contributed by atoms with van der Waals surface area (Å²) < 4.78 is 5.52. The van der Waals surface area contributed by atoms with Crippen molar-refractivity contribution >= 4 is 11.3 Å². The molecule has 25 heavy (non-hydrogen) atoms. The molecule has 2 aromatic heterocycles. The largest absolute Gasteiger partial charge is 0.338 e. The van der Waals surface area contributed by atoms with E-state index in [1.807, 2.05) is 11.3 Å². The van der Waals surface area contributed by atoms with E-state index in [0.29, 0.717) is 23.7 Å². The molecule has 0 aliphatic carbocycles. The van der Waals surface area contributed by atoms with E-state index in [1.54, 1.807) is 0 Å². The smallest absolute Gasteiger partial charge is 0.241 e. The number of nitrogens with zero attached hydrogens (tertiary/aromatic N) is 3. The monoisotopic (exact) mass is 353 g/mol. The van der Waals surface area contributed by atoms with Crippen molar-refractivity contribution in [3.05, 3.63) is 58.1 Å². The van der Waals surface area contributed by atoms with Gasteiger partial charge >= 0.3 is 0 Å². The lowest BCUT2D eigenvalue weighted by atomic mass is 10.0. The average Bonchev–Trinajstić information content (AvgIpc) is 3.37. The van der Waals surface area contributed by atoms with Gasteiger partial charge in [-0.25, -0.2) is 0 Å². The minimum absolute atomic E-state index is 0.487. The summed E-state index contributed by atoms with van der Waals surface area (Å²) in [5, 5.41) is 6.33. The van der Waals surface area contributed by atoms with E-state index in [1.165, 1.54) is 23.3 Å². The Kier molecular flexibility index (Phi) is 4.68. The third kappa shape index (κ3) is 3.53. The van der Waals surface area contributed by atoms with Gasteiger partial charge in [0.05, 0.1) is 6.54 Å². The van der Waals surface area contributed by atoms with Crippen LogP contribution in [0.5, 0.6) is 0 Å². The maximum atomic E-state index is 5.52. The van der Waals surface area contributed by atoms with E-state index in [0.717, 1.165) is 18.7 Å². The van der Waals surface area contributed by atoms with Gasteiger partial charge in [-0.1, -0.05) is 49.3 Å². The summed E-state index contributed by atoms with van der Waals surface area (Å²) in [5.74, 6) is 1.91. The second kappa shape index (κ2) is 7.10. The molecular weight excluding hydrogens is 330 g/mol. The SMILES string of the molecule is CC(C)c1ccc(-c2noc(CN3CCC[C@@H]3c3cccs3)n2)cc1. The fraction of sp³-hybridized carbons (Fsp3) is 0.400. The fourth-order valence-electron chi connectivity index (χ4n) is 3.45. The zero-order chi connectivity index (χ0) is 17.2. The molecule has 5 heteroatoms. The zero-order valence-electron chi connectivity index (χ0n) is 14.7. The highest BCUT2D eigenvalue weighted by Crippen LogP contribution is 2.35. The predicted octanol–water partition coefficient (Wildman–Crippen LogP) is 5.26. The van der Waals surface area contributed by atoms with Crippen LogP contribution in [0.2, 0.25) is 0 Å². The first-order valence-electron chi connectivity index (χ1n) is 8.91. The Morgan fingerprint density at radius 1 is 1.24 bits per heavy atom. The van der Waals surface area contributed by atoms with Crippen molar-refractivity contribution in [1.82, 2.24) is 15.0 Å². The molecule has 1 aliphatic rings. The average molecular weight is 353 g/mol. The van der Waals surface area contributed by atoms with Gasteiger partial charge < -0.3 is 4.52 Å². The molecule has 1 fully saturated rings. The first-order chi connectivity index (χ1) is 12.2. The summed E-state index contributed by atoms with van der Waals surface area (Å²) >= 11 is 1.83. The van der Waals surface area contributed by atoms with Crippen molar-refractivity contribution in [3.63, 3.8) is 0 Å². The summed E-state index contributed by atoms with van der Waals surface area (Å²) in [5.41, 5.74) is 2.33. The number of aromatic nitrogens is 2. The van der Waals surface area contributed by atoms with Crippen molar-refractivity contribution < 1.29 is 4.52 Å². The maximum Gasteiger partial charge on any atom is 0.241 e. The number of hydrogen-bond acceptors (Lipinski definition) is 5. The molecule has 4 rings (SSSR count). The summed E-state index contributed by atoms with van der Waals surface area (Å²) in [4.78, 5) is 8.50. The second-order valence-electron chi connectivity index (χ2n) is 6.93. The van der Waals surface area contributed by atoms with E-state index < -0.39 is 0 Å². The Balaban J connectivity index is 1.48. The number of rotatable bonds is 5. The number of benzene rings is 1. The van der Waals surface area contributed by atoms with Crippen molar-refractivity contribution in [2.75, 3.05) is 6.54 Å². The quantitative estimate of drug-likeness (QED) is 0.627. The van der Waals surface area contributed by atoms with E-state index >= 15 is 0 Å². The van der Waals surface area contributed by atoms with Crippen LogP contribution in [0.15, 0.2) is 46.3 Å². The Bertz CT molecular complexity index is 808. The Morgan fingerprint density at radius 3 is 2.80 bits per heavy atom. The lowest BCUT2D eigenvalue weighted by Crippen LogP contribution is -2.22. The number of hydrogen-bond donors (Lipinski definition) is 0. The zero-order valence-corrected chi connectivity index (χ0v) is 15.5. The Hall–Kier alpha value is -1.98. The molecule has 0 amide bonds. The normalized spacial score (nSPS) is 18.3. The molecular formula is C20H23N3OS. The summed E-state index contributed by atoms with van der Waals surface area (Å²) in [7, 11) is 0. The summed E-state index contributed by atoms with van der Waals surface area (Å²) in [6.07, 6.45) is 2.43. The second-order valence-corrected chi connectivity index (χ2v) is 7.91. The highest BCUT2D eigenvalue weighted by atomic mass is 32.1.